The van der Waals surface area contributed by atoms with Crippen molar-refractivity contribution in [2.75, 3.05) is 17.2 Å². The highest BCUT2D eigenvalue weighted by Crippen LogP contribution is 2.21. The number of nitrogen functional groups attached to an aromatic ring is 1. The van der Waals surface area contributed by atoms with Gasteiger partial charge in [0.05, 0.1) is 17.3 Å². The van der Waals surface area contributed by atoms with E-state index in [-0.39, 0.29) is 16.6 Å². The second-order valence-corrected chi connectivity index (χ2v) is 7.99. The van der Waals surface area contributed by atoms with Crippen LogP contribution in [0.2, 0.25) is 0 Å². The van der Waals surface area contributed by atoms with Gasteiger partial charge in [0.2, 0.25) is 10.0 Å². The number of hydrogen-bond donors (Lipinski definition) is 2. The number of nitriles is 1. The van der Waals surface area contributed by atoms with E-state index in [9.17, 15) is 12.6 Å². The lowest BCUT2D eigenvalue weighted by molar-refractivity contribution is 0.522. The van der Waals surface area contributed by atoms with Gasteiger partial charge in [0.15, 0.2) is 0 Å². The molecule has 8 heteroatoms. The van der Waals surface area contributed by atoms with E-state index in [0.29, 0.717) is 29.9 Å². The maximum absolute atomic E-state index is 12.3. The van der Waals surface area contributed by atoms with E-state index in [1.807, 2.05) is 6.07 Å². The van der Waals surface area contributed by atoms with E-state index < -0.39 is 20.8 Å². The van der Waals surface area contributed by atoms with Gasteiger partial charge in [0, 0.05) is 28.3 Å². The van der Waals surface area contributed by atoms with E-state index in [1.54, 1.807) is 0 Å². The summed E-state index contributed by atoms with van der Waals surface area (Å²) in [5.41, 5.74) is 6.06. The zero-order chi connectivity index (χ0) is 14.8. The van der Waals surface area contributed by atoms with E-state index in [0.717, 1.165) is 0 Å². The Kier molecular flexibility index (Phi) is 4.42. The molecule has 1 aromatic rings. The van der Waals surface area contributed by atoms with Gasteiger partial charge in [0.25, 0.3) is 0 Å². The molecule has 0 amide bonds. The second-order valence-electron chi connectivity index (χ2n) is 4.61. The van der Waals surface area contributed by atoms with Gasteiger partial charge < -0.3 is 5.73 Å². The molecule has 0 aliphatic carbocycles. The van der Waals surface area contributed by atoms with Gasteiger partial charge in [-0.25, -0.2) is 13.1 Å². The van der Waals surface area contributed by atoms with Gasteiger partial charge in [-0.3, -0.25) is 4.21 Å². The smallest absolute Gasteiger partial charge is 0.242 e. The van der Waals surface area contributed by atoms with Crippen LogP contribution >= 0.6 is 0 Å². The highest BCUT2D eigenvalue weighted by molar-refractivity contribution is 7.89. The summed E-state index contributed by atoms with van der Waals surface area (Å²) in [7, 11) is -4.55. The molecule has 0 bridgehead atoms. The van der Waals surface area contributed by atoms with Crippen molar-refractivity contribution < 1.29 is 12.6 Å². The fourth-order valence-corrected chi connectivity index (χ4v) is 4.77. The van der Waals surface area contributed by atoms with E-state index in [1.165, 1.54) is 18.2 Å². The molecule has 0 spiro atoms. The lowest BCUT2D eigenvalue weighted by atomic mass is 10.2. The fraction of sp³-hybridized carbons (Fsp3) is 0.417. The third-order valence-corrected chi connectivity index (χ3v) is 6.11. The minimum atomic E-state index is -3.72. The van der Waals surface area contributed by atoms with Gasteiger partial charge >= 0.3 is 0 Å². The molecule has 1 fully saturated rings. The summed E-state index contributed by atoms with van der Waals surface area (Å²) in [6.45, 7) is 0. The molecular formula is C12H15N3O3S2. The van der Waals surface area contributed by atoms with Crippen molar-refractivity contribution in [1.29, 1.82) is 5.26 Å². The molecule has 2 rings (SSSR count). The number of rotatable bonds is 3. The first kappa shape index (κ1) is 15.0. The van der Waals surface area contributed by atoms with Gasteiger partial charge in [0.1, 0.15) is 4.90 Å². The molecule has 108 valence electrons. The van der Waals surface area contributed by atoms with Crippen LogP contribution in [0.3, 0.4) is 0 Å². The number of benzene rings is 1. The first-order chi connectivity index (χ1) is 9.42. The van der Waals surface area contributed by atoms with Crippen LogP contribution in [0.5, 0.6) is 0 Å². The molecular weight excluding hydrogens is 298 g/mol. The van der Waals surface area contributed by atoms with E-state index in [2.05, 4.69) is 4.72 Å². The SMILES string of the molecule is N#Cc1ccc(S(=O)(=O)NC2CCS(=O)CC2)c(N)c1. The molecule has 1 saturated heterocycles. The number of sulfonamides is 1. The lowest BCUT2D eigenvalue weighted by Crippen LogP contribution is -2.39. The molecule has 0 atom stereocenters. The van der Waals surface area contributed by atoms with Crippen molar-refractivity contribution in [2.24, 2.45) is 0 Å². The summed E-state index contributed by atoms with van der Waals surface area (Å²) < 4.78 is 38.3. The lowest BCUT2D eigenvalue weighted by Gasteiger charge is -2.22. The van der Waals surface area contributed by atoms with Crippen molar-refractivity contribution in [1.82, 2.24) is 4.72 Å². The van der Waals surface area contributed by atoms with Crippen LogP contribution in [-0.2, 0) is 20.8 Å². The molecule has 0 unspecified atom stereocenters. The topological polar surface area (TPSA) is 113 Å². The zero-order valence-corrected chi connectivity index (χ0v) is 12.3. The predicted molar refractivity (Wildman–Crippen MR) is 76.8 cm³/mol. The number of nitrogens with two attached hydrogens (primary N) is 1. The third-order valence-electron chi connectivity index (χ3n) is 3.14. The van der Waals surface area contributed by atoms with Crippen molar-refractivity contribution in [3.05, 3.63) is 23.8 Å². The molecule has 1 heterocycles. The normalized spacial score (nSPS) is 23.1. The Labute approximate surface area is 120 Å². The highest BCUT2D eigenvalue weighted by Gasteiger charge is 2.25. The number of nitrogens with one attached hydrogen (secondary N) is 1. The minimum absolute atomic E-state index is 0.0248. The van der Waals surface area contributed by atoms with Gasteiger partial charge in [-0.1, -0.05) is 0 Å². The third kappa shape index (κ3) is 3.36. The molecule has 20 heavy (non-hydrogen) atoms. The Morgan fingerprint density at radius 1 is 1.35 bits per heavy atom. The molecule has 1 aliphatic rings. The average molecular weight is 313 g/mol. The number of hydrogen-bond acceptors (Lipinski definition) is 5. The predicted octanol–water partition coefficient (Wildman–Crippen LogP) is 0.330. The first-order valence-electron chi connectivity index (χ1n) is 6.09. The Morgan fingerprint density at radius 2 is 2.00 bits per heavy atom. The Morgan fingerprint density at radius 3 is 2.55 bits per heavy atom. The van der Waals surface area contributed by atoms with Gasteiger partial charge in [-0.15, -0.1) is 0 Å². The summed E-state index contributed by atoms with van der Waals surface area (Å²) in [5.74, 6) is 1.02. The molecule has 1 aromatic carbocycles. The van der Waals surface area contributed by atoms with Gasteiger partial charge in [-0.05, 0) is 31.0 Å². The fourth-order valence-electron chi connectivity index (χ4n) is 2.06. The number of anilines is 1. The molecule has 0 aromatic heterocycles. The van der Waals surface area contributed by atoms with Crippen LogP contribution in [0.25, 0.3) is 0 Å². The average Bonchev–Trinajstić information content (AvgIpc) is 2.40. The Bertz CT molecular complexity index is 670. The summed E-state index contributed by atoms with van der Waals surface area (Å²) in [4.78, 5) is -0.0248. The van der Waals surface area contributed by atoms with Crippen LogP contribution in [0.15, 0.2) is 23.1 Å². The quantitative estimate of drug-likeness (QED) is 0.781. The Balaban J connectivity index is 2.18. The molecule has 1 aliphatic heterocycles. The second kappa shape index (κ2) is 5.91. The van der Waals surface area contributed by atoms with Crippen LogP contribution in [0.4, 0.5) is 5.69 Å². The van der Waals surface area contributed by atoms with Gasteiger partial charge in [-0.2, -0.15) is 5.26 Å². The van der Waals surface area contributed by atoms with Crippen LogP contribution in [0.1, 0.15) is 18.4 Å². The summed E-state index contributed by atoms with van der Waals surface area (Å²) in [6, 6.07) is 5.77. The minimum Gasteiger partial charge on any atom is -0.398 e. The van der Waals surface area contributed by atoms with Crippen LogP contribution < -0.4 is 10.5 Å². The Hall–Kier alpha value is -1.43. The van der Waals surface area contributed by atoms with Crippen LogP contribution in [0, 0.1) is 11.3 Å². The van der Waals surface area contributed by atoms with E-state index >= 15 is 0 Å². The van der Waals surface area contributed by atoms with E-state index in [4.69, 9.17) is 11.0 Å². The van der Waals surface area contributed by atoms with Crippen molar-refractivity contribution in [2.45, 2.75) is 23.8 Å². The van der Waals surface area contributed by atoms with Crippen molar-refractivity contribution >= 4 is 26.5 Å². The maximum Gasteiger partial charge on any atom is 0.242 e. The molecule has 0 saturated carbocycles. The maximum atomic E-state index is 12.3. The standard InChI is InChI=1S/C12H15N3O3S2/c13-8-9-1-2-12(11(14)7-9)20(17,18)15-10-3-5-19(16)6-4-10/h1-2,7,10,15H,3-6,14H2. The summed E-state index contributed by atoms with van der Waals surface area (Å²) >= 11 is 0. The van der Waals surface area contributed by atoms with Crippen LogP contribution in [-0.4, -0.2) is 30.2 Å². The highest BCUT2D eigenvalue weighted by atomic mass is 32.2. The zero-order valence-electron chi connectivity index (χ0n) is 10.7. The van der Waals surface area contributed by atoms with Crippen molar-refractivity contribution in [3.8, 4) is 6.07 Å². The summed E-state index contributed by atoms with van der Waals surface area (Å²) in [6.07, 6.45) is 1.12. The monoisotopic (exact) mass is 313 g/mol. The largest absolute Gasteiger partial charge is 0.398 e. The molecule has 6 nitrogen and oxygen atoms in total. The first-order valence-corrected chi connectivity index (χ1v) is 9.06. The summed E-state index contributed by atoms with van der Waals surface area (Å²) in [5, 5.41) is 8.74. The molecule has 3 N–H and O–H groups in total. The number of nitrogens with zero attached hydrogens (tertiary/aromatic N) is 1. The van der Waals surface area contributed by atoms with Crippen molar-refractivity contribution in [3.63, 3.8) is 0 Å². The molecule has 0 radical (unpaired) electrons.